The monoisotopic (exact) mass is 498 g/mol. The lowest BCUT2D eigenvalue weighted by Crippen LogP contribution is -2.17. The molecular weight excluding hydrogens is 479 g/mol. The normalized spacial score (nSPS) is 11.6. The number of H-pyrrole nitrogens is 2. The molecule has 1 amide bonds. The molecule has 9 nitrogen and oxygen atoms in total. The number of carbonyl (C=O) groups is 1. The van der Waals surface area contributed by atoms with Gasteiger partial charge in [-0.05, 0) is 17.5 Å². The van der Waals surface area contributed by atoms with Crippen molar-refractivity contribution >= 4 is 44.9 Å². The summed E-state index contributed by atoms with van der Waals surface area (Å²) in [7, 11) is 0. The van der Waals surface area contributed by atoms with Gasteiger partial charge in [-0.3, -0.25) is 24.8 Å². The van der Waals surface area contributed by atoms with Crippen molar-refractivity contribution in [1.29, 1.82) is 0 Å². The van der Waals surface area contributed by atoms with Gasteiger partial charge in [0.05, 0.1) is 40.7 Å². The van der Waals surface area contributed by atoms with Gasteiger partial charge in [-0.1, -0.05) is 19.9 Å². The number of nitrogens with one attached hydrogen (secondary N) is 3. The van der Waals surface area contributed by atoms with Gasteiger partial charge in [-0.25, -0.2) is 9.37 Å². The summed E-state index contributed by atoms with van der Waals surface area (Å²) >= 11 is 1.59. The second kappa shape index (κ2) is 8.61. The fourth-order valence-electron chi connectivity index (χ4n) is 3.93. The molecule has 0 spiro atoms. The molecule has 0 fully saturated rings. The maximum absolute atomic E-state index is 15.9. The number of thiophene rings is 1. The van der Waals surface area contributed by atoms with Gasteiger partial charge in [0.25, 0.3) is 0 Å². The van der Waals surface area contributed by atoms with Crippen LogP contribution in [0, 0.1) is 11.7 Å². The number of hydrogen-bond donors (Lipinski definition) is 3. The molecule has 6 heterocycles. The first kappa shape index (κ1) is 22.0. The third kappa shape index (κ3) is 3.69. The third-order valence-corrected chi connectivity index (χ3v) is 6.66. The summed E-state index contributed by atoms with van der Waals surface area (Å²) in [5.74, 6) is -0.513. The van der Waals surface area contributed by atoms with E-state index in [4.69, 9.17) is 4.98 Å². The summed E-state index contributed by atoms with van der Waals surface area (Å²) in [6.45, 7) is 3.58. The van der Waals surface area contributed by atoms with Crippen LogP contribution >= 0.6 is 11.3 Å². The number of nitrogens with zero attached hydrogens (tertiary/aromatic N) is 5. The van der Waals surface area contributed by atoms with Crippen molar-refractivity contribution in [3.63, 3.8) is 0 Å². The second-order valence-corrected chi connectivity index (χ2v) is 9.48. The van der Waals surface area contributed by atoms with Gasteiger partial charge in [-0.15, -0.1) is 11.3 Å². The zero-order chi connectivity index (χ0) is 24.8. The Morgan fingerprint density at radius 1 is 1.08 bits per heavy atom. The first-order valence-electron chi connectivity index (χ1n) is 11.2. The summed E-state index contributed by atoms with van der Waals surface area (Å²) in [4.78, 5) is 33.9. The number of amides is 1. The number of aromatic nitrogens is 7. The Labute approximate surface area is 207 Å². The first-order chi connectivity index (χ1) is 17.5. The smallest absolute Gasteiger partial charge is 0.226 e. The molecule has 0 unspecified atom stereocenters. The predicted octanol–water partition coefficient (Wildman–Crippen LogP) is 5.42. The van der Waals surface area contributed by atoms with Gasteiger partial charge < -0.3 is 10.3 Å². The molecule has 0 aliphatic heterocycles. The van der Waals surface area contributed by atoms with Crippen molar-refractivity contribution < 1.29 is 9.18 Å². The van der Waals surface area contributed by atoms with E-state index in [1.807, 2.05) is 17.5 Å². The number of fused-ring (bicyclic) bond motifs is 2. The van der Waals surface area contributed by atoms with Gasteiger partial charge in [0.1, 0.15) is 16.9 Å². The molecule has 178 valence electrons. The standard InChI is InChI=1S/C25H19FN8OS/c1-12(2)25(35)30-14-6-13(7-27-8-14)21-20(26)19-16(11-29-21)33-34-23(19)24-31-17-10-28-9-15(22(17)32-24)18-4-3-5-36-18/h3-12H,1-2H3,(H,30,35)(H,31,32)(H,33,34). The highest BCUT2D eigenvalue weighted by Gasteiger charge is 2.22. The summed E-state index contributed by atoms with van der Waals surface area (Å²) in [6.07, 6.45) is 7.98. The van der Waals surface area contributed by atoms with Crippen LogP contribution in [0.3, 0.4) is 0 Å². The molecule has 3 N–H and O–H groups in total. The molecule has 0 saturated heterocycles. The van der Waals surface area contributed by atoms with Gasteiger partial charge in [0.2, 0.25) is 5.91 Å². The topological polar surface area (TPSA) is 125 Å². The molecule has 11 heteroatoms. The molecule has 0 aromatic carbocycles. The maximum atomic E-state index is 15.9. The van der Waals surface area contributed by atoms with E-state index in [0.29, 0.717) is 28.3 Å². The highest BCUT2D eigenvalue weighted by molar-refractivity contribution is 7.13. The van der Waals surface area contributed by atoms with E-state index in [-0.39, 0.29) is 22.9 Å². The zero-order valence-corrected chi connectivity index (χ0v) is 20.0. The molecule has 6 aromatic heterocycles. The second-order valence-electron chi connectivity index (χ2n) is 8.53. The molecule has 36 heavy (non-hydrogen) atoms. The number of rotatable bonds is 5. The van der Waals surface area contributed by atoms with Crippen LogP contribution in [0.1, 0.15) is 13.8 Å². The lowest BCUT2D eigenvalue weighted by molar-refractivity contribution is -0.118. The molecule has 0 aliphatic carbocycles. The summed E-state index contributed by atoms with van der Waals surface area (Å²) < 4.78 is 15.9. The zero-order valence-electron chi connectivity index (χ0n) is 19.2. The van der Waals surface area contributed by atoms with Gasteiger partial charge in [-0.2, -0.15) is 5.10 Å². The van der Waals surface area contributed by atoms with E-state index < -0.39 is 5.82 Å². The fraction of sp³-hybridized carbons (Fsp3) is 0.120. The minimum Gasteiger partial charge on any atom is -0.335 e. The van der Waals surface area contributed by atoms with Crippen molar-refractivity contribution in [2.24, 2.45) is 5.92 Å². The highest BCUT2D eigenvalue weighted by atomic mass is 32.1. The summed E-state index contributed by atoms with van der Waals surface area (Å²) in [5, 5.41) is 12.2. The van der Waals surface area contributed by atoms with E-state index in [2.05, 4.69) is 35.5 Å². The largest absolute Gasteiger partial charge is 0.335 e. The number of hydrogen-bond acceptors (Lipinski definition) is 7. The van der Waals surface area contributed by atoms with Crippen molar-refractivity contribution in [3.05, 3.63) is 60.4 Å². The van der Waals surface area contributed by atoms with Crippen LogP contribution in [-0.2, 0) is 4.79 Å². The number of pyridine rings is 3. The lowest BCUT2D eigenvalue weighted by Gasteiger charge is -2.09. The van der Waals surface area contributed by atoms with Crippen molar-refractivity contribution in [1.82, 2.24) is 35.1 Å². The number of imidazole rings is 1. The van der Waals surface area contributed by atoms with E-state index >= 15 is 4.39 Å². The molecule has 0 saturated carbocycles. The molecular formula is C25H19FN8OS. The van der Waals surface area contributed by atoms with Crippen LogP contribution in [0.2, 0.25) is 0 Å². The molecule has 6 aromatic rings. The minimum absolute atomic E-state index is 0.0929. The Morgan fingerprint density at radius 3 is 2.75 bits per heavy atom. The Hall–Kier alpha value is -4.51. The Balaban J connectivity index is 1.46. The average molecular weight is 499 g/mol. The fourth-order valence-corrected chi connectivity index (χ4v) is 4.67. The van der Waals surface area contributed by atoms with Crippen LogP contribution in [0.25, 0.3) is 55.2 Å². The summed E-state index contributed by atoms with van der Waals surface area (Å²) in [6, 6.07) is 5.61. The quantitative estimate of drug-likeness (QED) is 0.291. The number of halogens is 1. The van der Waals surface area contributed by atoms with Gasteiger partial charge in [0, 0.05) is 34.3 Å². The molecule has 6 rings (SSSR count). The van der Waals surface area contributed by atoms with Crippen LogP contribution in [0.15, 0.2) is 54.6 Å². The lowest BCUT2D eigenvalue weighted by atomic mass is 10.1. The molecule has 0 aliphatic rings. The van der Waals surface area contributed by atoms with E-state index in [9.17, 15) is 4.79 Å². The van der Waals surface area contributed by atoms with Crippen molar-refractivity contribution in [2.75, 3.05) is 5.32 Å². The predicted molar refractivity (Wildman–Crippen MR) is 137 cm³/mol. The number of carbonyl (C=O) groups excluding carboxylic acids is 1. The molecule has 0 atom stereocenters. The van der Waals surface area contributed by atoms with Crippen molar-refractivity contribution in [2.45, 2.75) is 13.8 Å². The maximum Gasteiger partial charge on any atom is 0.226 e. The summed E-state index contributed by atoms with van der Waals surface area (Å²) in [5.41, 5.74) is 4.08. The van der Waals surface area contributed by atoms with E-state index in [0.717, 1.165) is 21.5 Å². The third-order valence-electron chi connectivity index (χ3n) is 5.75. The molecule has 0 radical (unpaired) electrons. The van der Waals surface area contributed by atoms with Gasteiger partial charge >= 0.3 is 0 Å². The van der Waals surface area contributed by atoms with Crippen molar-refractivity contribution in [3.8, 4) is 33.2 Å². The van der Waals surface area contributed by atoms with E-state index in [1.54, 1.807) is 43.6 Å². The number of aromatic amines is 2. The van der Waals surface area contributed by atoms with Crippen LogP contribution < -0.4 is 5.32 Å². The Kier molecular flexibility index (Phi) is 5.26. The SMILES string of the molecule is CC(C)C(=O)Nc1cncc(-c2ncc3[nH]nc(-c4nc5c(-c6cccs6)cncc5[nH]4)c3c2F)c1. The van der Waals surface area contributed by atoms with E-state index in [1.165, 1.54) is 18.6 Å². The average Bonchev–Trinajstić information content (AvgIpc) is 3.63. The first-order valence-corrected chi connectivity index (χ1v) is 12.0. The Morgan fingerprint density at radius 2 is 1.94 bits per heavy atom. The van der Waals surface area contributed by atoms with Gasteiger partial charge in [0.15, 0.2) is 11.6 Å². The van der Waals surface area contributed by atoms with Crippen LogP contribution in [-0.4, -0.2) is 41.0 Å². The number of anilines is 1. The molecule has 0 bridgehead atoms. The van der Waals surface area contributed by atoms with Crippen LogP contribution in [0.4, 0.5) is 10.1 Å². The minimum atomic E-state index is -0.567. The highest BCUT2D eigenvalue weighted by Crippen LogP contribution is 2.35. The van der Waals surface area contributed by atoms with Crippen LogP contribution in [0.5, 0.6) is 0 Å². The Bertz CT molecular complexity index is 1740.